The van der Waals surface area contributed by atoms with E-state index >= 15 is 0 Å². The normalized spacial score (nSPS) is 34.4. The molecule has 0 radical (unpaired) electrons. The van der Waals surface area contributed by atoms with Gasteiger partial charge in [-0.05, 0) is 80.4 Å². The number of carbonyl (C=O) groups excluding carboxylic acids is 1. The van der Waals surface area contributed by atoms with E-state index in [1.165, 1.54) is 44.1 Å². The average Bonchev–Trinajstić information content (AvgIpc) is 2.51. The lowest BCUT2D eigenvalue weighted by atomic mass is 9.53. The fourth-order valence-electron chi connectivity index (χ4n) is 5.60. The largest absolute Gasteiger partial charge is 0.484 e. The van der Waals surface area contributed by atoms with Crippen LogP contribution in [-0.2, 0) is 11.2 Å². The number of hydrogen-bond donors (Lipinski definition) is 1. The average molecular weight is 313 g/mol. The molecule has 4 fully saturated rings. The van der Waals surface area contributed by atoms with Gasteiger partial charge in [0.15, 0.2) is 6.61 Å². The van der Waals surface area contributed by atoms with Gasteiger partial charge in [-0.2, -0.15) is 0 Å². The molecular formula is C20H27NO2. The van der Waals surface area contributed by atoms with E-state index in [1.807, 2.05) is 18.2 Å². The van der Waals surface area contributed by atoms with Crippen molar-refractivity contribution < 1.29 is 9.53 Å². The van der Waals surface area contributed by atoms with Crippen LogP contribution in [0.3, 0.4) is 0 Å². The maximum atomic E-state index is 12.4. The molecule has 4 aliphatic carbocycles. The summed E-state index contributed by atoms with van der Waals surface area (Å²) < 4.78 is 5.71. The molecule has 124 valence electrons. The van der Waals surface area contributed by atoms with Crippen LogP contribution < -0.4 is 10.1 Å². The van der Waals surface area contributed by atoms with Gasteiger partial charge < -0.3 is 10.1 Å². The van der Waals surface area contributed by atoms with Crippen molar-refractivity contribution in [2.24, 2.45) is 17.8 Å². The van der Waals surface area contributed by atoms with Crippen LogP contribution in [0.15, 0.2) is 24.3 Å². The predicted octanol–water partition coefficient (Wildman–Crippen LogP) is 3.71. The molecule has 23 heavy (non-hydrogen) atoms. The lowest BCUT2D eigenvalue weighted by Crippen LogP contribution is -2.60. The molecule has 0 aliphatic heterocycles. The minimum absolute atomic E-state index is 0.0499. The molecule has 1 amide bonds. The molecule has 0 spiro atoms. The smallest absolute Gasteiger partial charge is 0.258 e. The molecule has 1 N–H and O–H groups in total. The summed E-state index contributed by atoms with van der Waals surface area (Å²) in [6.45, 7) is 2.26. The Kier molecular flexibility index (Phi) is 3.82. The van der Waals surface area contributed by atoms with Crippen LogP contribution in [0.4, 0.5) is 0 Å². The van der Waals surface area contributed by atoms with Crippen molar-refractivity contribution in [2.75, 3.05) is 6.61 Å². The highest BCUT2D eigenvalue weighted by Gasteiger charge is 2.51. The Labute approximate surface area is 138 Å². The van der Waals surface area contributed by atoms with Crippen molar-refractivity contribution >= 4 is 5.91 Å². The maximum Gasteiger partial charge on any atom is 0.258 e. The molecule has 0 aromatic heterocycles. The number of nitrogens with one attached hydrogen (secondary N) is 1. The molecule has 4 saturated carbocycles. The molecule has 0 unspecified atom stereocenters. The number of rotatable bonds is 5. The minimum Gasteiger partial charge on any atom is -0.484 e. The first kappa shape index (κ1) is 15.0. The highest BCUT2D eigenvalue weighted by molar-refractivity contribution is 5.78. The van der Waals surface area contributed by atoms with Gasteiger partial charge >= 0.3 is 0 Å². The second-order valence-electron chi connectivity index (χ2n) is 8.04. The fourth-order valence-corrected chi connectivity index (χ4v) is 5.60. The number of ether oxygens (including phenoxy) is 1. The first-order chi connectivity index (χ1) is 11.1. The Morgan fingerprint density at radius 3 is 2.43 bits per heavy atom. The monoisotopic (exact) mass is 313 g/mol. The molecule has 4 bridgehead atoms. The number of amides is 1. The molecule has 3 nitrogen and oxygen atoms in total. The predicted molar refractivity (Wildman–Crippen MR) is 90.4 cm³/mol. The van der Waals surface area contributed by atoms with Gasteiger partial charge in [0, 0.05) is 5.54 Å². The molecule has 5 rings (SSSR count). The fraction of sp³-hybridized carbons (Fsp3) is 0.650. The summed E-state index contributed by atoms with van der Waals surface area (Å²) in [5.41, 5.74) is 1.32. The number of aryl methyl sites for hydroxylation is 1. The van der Waals surface area contributed by atoms with Crippen LogP contribution in [0.25, 0.3) is 0 Å². The van der Waals surface area contributed by atoms with Crippen LogP contribution >= 0.6 is 0 Å². The SMILES string of the molecule is CCc1cccc(OCC(=O)NC23CC4CC(CC(C4)C2)C3)c1. The summed E-state index contributed by atoms with van der Waals surface area (Å²) in [4.78, 5) is 12.4. The van der Waals surface area contributed by atoms with Gasteiger partial charge in [0.2, 0.25) is 0 Å². The molecule has 0 saturated heterocycles. The van der Waals surface area contributed by atoms with Crippen molar-refractivity contribution in [3.05, 3.63) is 29.8 Å². The second kappa shape index (κ2) is 5.85. The summed E-state index contributed by atoms with van der Waals surface area (Å²) in [6.07, 6.45) is 8.75. The lowest BCUT2D eigenvalue weighted by Gasteiger charge is -2.56. The first-order valence-corrected chi connectivity index (χ1v) is 9.17. The van der Waals surface area contributed by atoms with E-state index in [0.29, 0.717) is 0 Å². The van der Waals surface area contributed by atoms with Crippen LogP contribution in [0.2, 0.25) is 0 Å². The van der Waals surface area contributed by atoms with Gasteiger partial charge in [-0.15, -0.1) is 0 Å². The van der Waals surface area contributed by atoms with E-state index < -0.39 is 0 Å². The Morgan fingerprint density at radius 1 is 1.17 bits per heavy atom. The van der Waals surface area contributed by atoms with Crippen molar-refractivity contribution in [2.45, 2.75) is 57.4 Å². The van der Waals surface area contributed by atoms with Crippen molar-refractivity contribution in [3.63, 3.8) is 0 Å². The van der Waals surface area contributed by atoms with Crippen LogP contribution in [-0.4, -0.2) is 18.1 Å². The summed E-state index contributed by atoms with van der Waals surface area (Å²) in [5.74, 6) is 3.40. The molecular weight excluding hydrogens is 286 g/mol. The Morgan fingerprint density at radius 2 is 1.83 bits per heavy atom. The third-order valence-electron chi connectivity index (χ3n) is 6.12. The van der Waals surface area contributed by atoms with Gasteiger partial charge in [-0.3, -0.25) is 4.79 Å². The van der Waals surface area contributed by atoms with E-state index in [1.54, 1.807) is 0 Å². The summed E-state index contributed by atoms with van der Waals surface area (Å²) in [6, 6.07) is 8.03. The van der Waals surface area contributed by atoms with E-state index in [9.17, 15) is 4.79 Å². The van der Waals surface area contributed by atoms with E-state index in [2.05, 4.69) is 18.3 Å². The second-order valence-corrected chi connectivity index (χ2v) is 8.04. The Hall–Kier alpha value is -1.51. The summed E-state index contributed by atoms with van der Waals surface area (Å²) >= 11 is 0. The zero-order valence-corrected chi connectivity index (χ0v) is 14.0. The lowest BCUT2D eigenvalue weighted by molar-refractivity contribution is -0.128. The third-order valence-corrected chi connectivity index (χ3v) is 6.12. The van der Waals surface area contributed by atoms with Gasteiger partial charge in [-0.25, -0.2) is 0 Å². The van der Waals surface area contributed by atoms with Gasteiger partial charge in [-0.1, -0.05) is 19.1 Å². The number of hydrogen-bond acceptors (Lipinski definition) is 2. The molecule has 1 aromatic rings. The van der Waals surface area contributed by atoms with E-state index in [-0.39, 0.29) is 18.1 Å². The molecule has 0 atom stereocenters. The minimum atomic E-state index is 0.0499. The summed E-state index contributed by atoms with van der Waals surface area (Å²) in [5, 5.41) is 3.36. The molecule has 0 heterocycles. The number of carbonyl (C=O) groups is 1. The zero-order valence-electron chi connectivity index (χ0n) is 14.0. The maximum absolute atomic E-state index is 12.4. The van der Waals surface area contributed by atoms with Crippen LogP contribution in [0, 0.1) is 17.8 Å². The standard InChI is InChI=1S/C20H27NO2/c1-2-14-4-3-5-18(9-14)23-13-19(22)21-20-10-15-6-16(11-20)8-17(7-15)12-20/h3-5,9,15-17H,2,6-8,10-13H2,1H3,(H,21,22). The number of benzene rings is 1. The highest BCUT2D eigenvalue weighted by atomic mass is 16.5. The van der Waals surface area contributed by atoms with Crippen LogP contribution in [0.5, 0.6) is 5.75 Å². The Balaban J connectivity index is 1.35. The van der Waals surface area contributed by atoms with E-state index in [4.69, 9.17) is 4.74 Å². The zero-order chi connectivity index (χ0) is 15.9. The van der Waals surface area contributed by atoms with E-state index in [0.717, 1.165) is 29.9 Å². The molecule has 3 heteroatoms. The van der Waals surface area contributed by atoms with Gasteiger partial charge in [0.25, 0.3) is 5.91 Å². The van der Waals surface area contributed by atoms with Crippen LogP contribution in [0.1, 0.15) is 51.0 Å². The highest BCUT2D eigenvalue weighted by Crippen LogP contribution is 2.55. The van der Waals surface area contributed by atoms with Gasteiger partial charge in [0.1, 0.15) is 5.75 Å². The summed E-state index contributed by atoms with van der Waals surface area (Å²) in [7, 11) is 0. The quantitative estimate of drug-likeness (QED) is 0.900. The van der Waals surface area contributed by atoms with Crippen molar-refractivity contribution in [1.82, 2.24) is 5.32 Å². The third kappa shape index (κ3) is 3.11. The van der Waals surface area contributed by atoms with Crippen molar-refractivity contribution in [3.8, 4) is 5.75 Å². The molecule has 4 aliphatic rings. The molecule has 1 aromatic carbocycles. The topological polar surface area (TPSA) is 38.3 Å². The Bertz CT molecular complexity index is 560. The van der Waals surface area contributed by atoms with Gasteiger partial charge in [0.05, 0.1) is 0 Å². The van der Waals surface area contributed by atoms with Crippen molar-refractivity contribution in [1.29, 1.82) is 0 Å². The first-order valence-electron chi connectivity index (χ1n) is 9.17.